The van der Waals surface area contributed by atoms with Gasteiger partial charge in [-0.25, -0.2) is 0 Å². The molecule has 3 nitrogen and oxygen atoms in total. The summed E-state index contributed by atoms with van der Waals surface area (Å²) in [4.78, 5) is 14.4. The highest BCUT2D eigenvalue weighted by Crippen LogP contribution is 2.46. The van der Waals surface area contributed by atoms with Crippen LogP contribution in [0.15, 0.2) is 35.9 Å². The smallest absolute Gasteiger partial charge is 0.256 e. The first-order valence-corrected chi connectivity index (χ1v) is 11.2. The van der Waals surface area contributed by atoms with E-state index in [4.69, 9.17) is 0 Å². The molecule has 0 saturated heterocycles. The van der Waals surface area contributed by atoms with Crippen LogP contribution in [-0.2, 0) is 12.8 Å². The van der Waals surface area contributed by atoms with E-state index in [1.807, 2.05) is 18.2 Å². The van der Waals surface area contributed by atoms with Crippen LogP contribution in [0, 0.1) is 11.3 Å². The van der Waals surface area contributed by atoms with Crippen LogP contribution in [0.4, 0.5) is 5.00 Å². The predicted molar refractivity (Wildman–Crippen MR) is 119 cm³/mol. The third-order valence-electron chi connectivity index (χ3n) is 6.71. The van der Waals surface area contributed by atoms with Crippen LogP contribution in [0.3, 0.4) is 0 Å². The average molecular weight is 395 g/mol. The van der Waals surface area contributed by atoms with E-state index in [0.717, 1.165) is 34.5 Å². The second-order valence-electron chi connectivity index (χ2n) is 8.84. The molecular formula is C24H30N2OS. The van der Waals surface area contributed by atoms with Crippen molar-refractivity contribution in [1.29, 1.82) is 0 Å². The zero-order chi connectivity index (χ0) is 19.9. The highest BCUT2D eigenvalue weighted by molar-refractivity contribution is 7.16. The summed E-state index contributed by atoms with van der Waals surface area (Å²) in [6.07, 6.45) is 6.49. The number of nitrogens with one attached hydrogen (secondary N) is 2. The molecule has 2 atom stereocenters. The number of rotatable bonds is 4. The van der Waals surface area contributed by atoms with Gasteiger partial charge in [0.1, 0.15) is 11.2 Å². The molecule has 1 amide bonds. The number of anilines is 1. The van der Waals surface area contributed by atoms with Gasteiger partial charge in [0, 0.05) is 4.88 Å². The quantitative estimate of drug-likeness (QED) is 0.680. The first kappa shape index (κ1) is 19.3. The first-order chi connectivity index (χ1) is 13.4. The average Bonchev–Trinajstić information content (AvgIpc) is 3.06. The Morgan fingerprint density at radius 3 is 2.71 bits per heavy atom. The number of thiophene rings is 1. The Kier molecular flexibility index (Phi) is 5.09. The molecule has 0 unspecified atom stereocenters. The third kappa shape index (κ3) is 3.50. The summed E-state index contributed by atoms with van der Waals surface area (Å²) >= 11 is 1.80. The Hall–Kier alpha value is -2.07. The molecule has 1 aliphatic carbocycles. The molecule has 0 saturated carbocycles. The summed E-state index contributed by atoms with van der Waals surface area (Å²) in [6.45, 7) is 9.13. The van der Waals surface area contributed by atoms with Crippen molar-refractivity contribution in [2.24, 2.45) is 11.3 Å². The maximum atomic E-state index is 12.9. The van der Waals surface area contributed by atoms with Gasteiger partial charge in [0.05, 0.1) is 5.56 Å². The Labute approximate surface area is 172 Å². The zero-order valence-corrected chi connectivity index (χ0v) is 18.1. The molecule has 2 heterocycles. The van der Waals surface area contributed by atoms with Crippen LogP contribution in [0.25, 0.3) is 6.08 Å². The van der Waals surface area contributed by atoms with Crippen LogP contribution >= 0.6 is 11.3 Å². The van der Waals surface area contributed by atoms with Gasteiger partial charge in [-0.2, -0.15) is 0 Å². The molecule has 2 aromatic rings. The maximum absolute atomic E-state index is 12.9. The molecule has 28 heavy (non-hydrogen) atoms. The van der Waals surface area contributed by atoms with E-state index < -0.39 is 0 Å². The van der Waals surface area contributed by atoms with Gasteiger partial charge in [-0.1, -0.05) is 63.6 Å². The number of hydrogen-bond acceptors (Lipinski definition) is 3. The fourth-order valence-corrected chi connectivity index (χ4v) is 5.73. The largest absolute Gasteiger partial charge is 0.353 e. The summed E-state index contributed by atoms with van der Waals surface area (Å²) in [6, 6.07) is 10.2. The molecule has 148 valence electrons. The van der Waals surface area contributed by atoms with Crippen LogP contribution in [-0.4, -0.2) is 12.1 Å². The fraction of sp³-hybridized carbons (Fsp3) is 0.458. The van der Waals surface area contributed by atoms with Gasteiger partial charge in [0.2, 0.25) is 0 Å². The zero-order valence-electron chi connectivity index (χ0n) is 17.3. The van der Waals surface area contributed by atoms with Gasteiger partial charge in [-0.05, 0) is 54.2 Å². The summed E-state index contributed by atoms with van der Waals surface area (Å²) < 4.78 is 0. The minimum atomic E-state index is -0.150. The minimum Gasteiger partial charge on any atom is -0.353 e. The molecule has 0 bridgehead atoms. The molecule has 0 radical (unpaired) electrons. The molecular weight excluding hydrogens is 364 g/mol. The SMILES string of the molecule is CCC(C)(C)[C@H]1CCc2c(sc3c2C(=O)N[C@@H](/C(C)=C/c2ccccc2)N3)C1. The molecule has 2 aliphatic rings. The topological polar surface area (TPSA) is 41.1 Å². The highest BCUT2D eigenvalue weighted by Gasteiger charge is 2.37. The Bertz CT molecular complexity index is 910. The highest BCUT2D eigenvalue weighted by atomic mass is 32.1. The van der Waals surface area contributed by atoms with Gasteiger partial charge in [-0.15, -0.1) is 11.3 Å². The predicted octanol–water partition coefficient (Wildman–Crippen LogP) is 5.87. The van der Waals surface area contributed by atoms with Crippen molar-refractivity contribution in [3.8, 4) is 0 Å². The Morgan fingerprint density at radius 2 is 2.00 bits per heavy atom. The number of hydrogen-bond donors (Lipinski definition) is 2. The molecule has 4 rings (SSSR count). The molecule has 1 aliphatic heterocycles. The lowest BCUT2D eigenvalue weighted by Crippen LogP contribution is -2.45. The first-order valence-electron chi connectivity index (χ1n) is 10.3. The van der Waals surface area contributed by atoms with E-state index in [1.165, 1.54) is 23.3 Å². The van der Waals surface area contributed by atoms with Gasteiger partial charge < -0.3 is 10.6 Å². The molecule has 1 aromatic carbocycles. The van der Waals surface area contributed by atoms with E-state index in [2.05, 4.69) is 56.5 Å². The van der Waals surface area contributed by atoms with Crippen molar-refractivity contribution in [3.05, 3.63) is 57.5 Å². The lowest BCUT2D eigenvalue weighted by molar-refractivity contribution is 0.0940. The Balaban J connectivity index is 1.59. The molecule has 2 N–H and O–H groups in total. The van der Waals surface area contributed by atoms with Crippen molar-refractivity contribution in [3.63, 3.8) is 0 Å². The van der Waals surface area contributed by atoms with Crippen LogP contribution < -0.4 is 10.6 Å². The van der Waals surface area contributed by atoms with E-state index in [1.54, 1.807) is 11.3 Å². The van der Waals surface area contributed by atoms with Gasteiger partial charge in [-0.3, -0.25) is 4.79 Å². The van der Waals surface area contributed by atoms with Gasteiger partial charge >= 0.3 is 0 Å². The van der Waals surface area contributed by atoms with Crippen molar-refractivity contribution >= 4 is 28.3 Å². The van der Waals surface area contributed by atoms with Crippen molar-refractivity contribution < 1.29 is 4.79 Å². The molecule has 4 heteroatoms. The van der Waals surface area contributed by atoms with E-state index >= 15 is 0 Å². The molecule has 1 aromatic heterocycles. The van der Waals surface area contributed by atoms with E-state index in [9.17, 15) is 4.79 Å². The number of benzene rings is 1. The van der Waals surface area contributed by atoms with Gasteiger partial charge in [0.25, 0.3) is 5.91 Å². The second kappa shape index (κ2) is 7.40. The number of carbonyl (C=O) groups excluding carboxylic acids is 1. The fourth-order valence-electron chi connectivity index (χ4n) is 4.38. The normalized spacial score (nSPS) is 22.1. The summed E-state index contributed by atoms with van der Waals surface area (Å²) in [5.41, 5.74) is 4.81. The van der Waals surface area contributed by atoms with Crippen molar-refractivity contribution in [2.45, 2.75) is 59.5 Å². The van der Waals surface area contributed by atoms with Crippen LogP contribution in [0.2, 0.25) is 0 Å². The number of fused-ring (bicyclic) bond motifs is 3. The third-order valence-corrected chi connectivity index (χ3v) is 7.89. The summed E-state index contributed by atoms with van der Waals surface area (Å²) in [5, 5.41) is 7.81. The summed E-state index contributed by atoms with van der Waals surface area (Å²) in [5.74, 6) is 0.772. The van der Waals surface area contributed by atoms with Crippen LogP contribution in [0.5, 0.6) is 0 Å². The van der Waals surface area contributed by atoms with E-state index in [-0.39, 0.29) is 12.1 Å². The lowest BCUT2D eigenvalue weighted by Gasteiger charge is -2.36. The minimum absolute atomic E-state index is 0.0743. The number of amides is 1. The lowest BCUT2D eigenvalue weighted by atomic mass is 9.69. The van der Waals surface area contributed by atoms with Crippen molar-refractivity contribution in [2.75, 3.05) is 5.32 Å². The molecule has 0 spiro atoms. The standard InChI is InChI=1S/C24H30N2OS/c1-5-24(3,4)17-11-12-18-19(14-17)28-23-20(18)22(27)25-21(26-23)15(2)13-16-9-7-6-8-10-16/h6-10,13,17,21,26H,5,11-12,14H2,1-4H3,(H,25,27)/b15-13+/t17-,21+/m0/s1. The number of carbonyl (C=O) groups is 1. The maximum Gasteiger partial charge on any atom is 0.256 e. The van der Waals surface area contributed by atoms with Crippen LogP contribution in [0.1, 0.15) is 66.9 Å². The Morgan fingerprint density at radius 1 is 1.25 bits per heavy atom. The second-order valence-corrected chi connectivity index (χ2v) is 9.94. The summed E-state index contributed by atoms with van der Waals surface area (Å²) in [7, 11) is 0. The monoisotopic (exact) mass is 394 g/mol. The van der Waals surface area contributed by atoms with Gasteiger partial charge in [0.15, 0.2) is 0 Å². The molecule has 0 fully saturated rings. The van der Waals surface area contributed by atoms with Crippen molar-refractivity contribution in [1.82, 2.24) is 5.32 Å². The van der Waals surface area contributed by atoms with E-state index in [0.29, 0.717) is 11.3 Å².